The van der Waals surface area contributed by atoms with Gasteiger partial charge in [-0.25, -0.2) is 14.8 Å². The molecule has 3 atom stereocenters. The number of aromatic amines is 1. The Balaban J connectivity index is 1.48. The van der Waals surface area contributed by atoms with Crippen LogP contribution in [0.1, 0.15) is 40.9 Å². The van der Waals surface area contributed by atoms with Gasteiger partial charge < -0.3 is 32.3 Å². The number of hydrogen-bond acceptors (Lipinski definition) is 12. The third kappa shape index (κ3) is 9.56. The first-order valence-electron chi connectivity index (χ1n) is 13.4. The smallest absolute Gasteiger partial charge is 0.327 e. The average Bonchev–Trinajstić information content (AvgIpc) is 2.99. The lowest BCUT2D eigenvalue weighted by molar-refractivity contribution is -0.142. The molecule has 2 amide bonds. The number of aliphatic carboxylic acids is 2. The molecule has 0 spiro atoms. The molecule has 0 saturated heterocycles. The van der Waals surface area contributed by atoms with Gasteiger partial charge in [0.2, 0.25) is 17.8 Å². The number of nitrogens with one attached hydrogen (secondary N) is 3. The largest absolute Gasteiger partial charge is 0.481 e. The van der Waals surface area contributed by atoms with Crippen molar-refractivity contribution in [3.05, 3.63) is 57.6 Å². The van der Waals surface area contributed by atoms with Crippen molar-refractivity contribution in [2.24, 2.45) is 11.7 Å². The number of fused-ring (bicyclic) bond motifs is 1. The number of thiol groups is 1. The number of benzene rings is 1. The second-order valence-electron chi connectivity index (χ2n) is 9.88. The van der Waals surface area contributed by atoms with Crippen molar-refractivity contribution in [1.82, 2.24) is 30.6 Å². The number of Topliss-reactive ketones (excluding diaryl/α,β-unsaturated/α-hetero) is 1. The zero-order chi connectivity index (χ0) is 32.4. The monoisotopic (exact) mass is 628 g/mol. The maximum atomic E-state index is 12.8. The zero-order valence-electron chi connectivity index (χ0n) is 23.4. The first kappa shape index (κ1) is 33.6. The van der Waals surface area contributed by atoms with E-state index in [-0.39, 0.29) is 48.7 Å². The van der Waals surface area contributed by atoms with E-state index in [1.807, 2.05) is 0 Å². The van der Waals surface area contributed by atoms with E-state index < -0.39 is 53.1 Å². The number of rotatable bonds is 16. The van der Waals surface area contributed by atoms with E-state index in [9.17, 15) is 33.9 Å². The predicted molar refractivity (Wildman–Crippen MR) is 160 cm³/mol. The molecule has 16 nitrogen and oxygen atoms in total. The summed E-state index contributed by atoms with van der Waals surface area (Å²) in [7, 11) is 0. The summed E-state index contributed by atoms with van der Waals surface area (Å²) in [6.07, 6.45) is 1.79. The summed E-state index contributed by atoms with van der Waals surface area (Å²) in [4.78, 5) is 86.6. The highest BCUT2D eigenvalue weighted by Gasteiger charge is 2.25. The normalized spacial score (nSPS) is 13.0. The summed E-state index contributed by atoms with van der Waals surface area (Å²) in [5.41, 5.74) is 12.7. The van der Waals surface area contributed by atoms with E-state index in [1.165, 1.54) is 6.20 Å². The van der Waals surface area contributed by atoms with Crippen LogP contribution in [0.25, 0.3) is 11.2 Å². The zero-order valence-corrected chi connectivity index (χ0v) is 24.3. The molecule has 44 heavy (non-hydrogen) atoms. The number of nitrogen functional groups attached to an aromatic ring is 1. The molecular weight excluding hydrogens is 596 g/mol. The van der Waals surface area contributed by atoms with Gasteiger partial charge in [0, 0.05) is 30.7 Å². The van der Waals surface area contributed by atoms with Gasteiger partial charge in [-0.05, 0) is 24.8 Å². The van der Waals surface area contributed by atoms with E-state index in [1.54, 1.807) is 24.3 Å². The van der Waals surface area contributed by atoms with Crippen LogP contribution in [-0.2, 0) is 32.0 Å². The van der Waals surface area contributed by atoms with Gasteiger partial charge >= 0.3 is 11.9 Å². The number of carbonyl (C=O) groups is 5. The lowest BCUT2D eigenvalue weighted by Crippen LogP contribution is -2.53. The first-order valence-corrected chi connectivity index (χ1v) is 14.0. The Kier molecular flexibility index (Phi) is 11.9. The fourth-order valence-corrected chi connectivity index (χ4v) is 4.30. The molecule has 0 fully saturated rings. The van der Waals surface area contributed by atoms with Gasteiger partial charge in [-0.3, -0.25) is 29.0 Å². The molecule has 0 aliphatic carbocycles. The SMILES string of the molecule is Nc1nc2ncc(CCc3ccc(C(=O)C[C@@H](CCC(=O)NC[C@@H](N)C(=O)N[C@@H](CS)C(=O)O)C(=O)O)cc3)nc2c(=O)[nH]1. The van der Waals surface area contributed by atoms with E-state index in [0.717, 1.165) is 5.56 Å². The number of anilines is 1. The highest BCUT2D eigenvalue weighted by molar-refractivity contribution is 7.80. The minimum atomic E-state index is -1.29. The van der Waals surface area contributed by atoms with Crippen LogP contribution in [0, 0.1) is 5.92 Å². The number of carboxylic acid groups (broad SMARTS) is 2. The van der Waals surface area contributed by atoms with Crippen LogP contribution in [0.5, 0.6) is 0 Å². The number of aryl methyl sites for hydroxylation is 2. The lowest BCUT2D eigenvalue weighted by atomic mass is 9.93. The summed E-state index contributed by atoms with van der Waals surface area (Å²) in [5.74, 6) is -5.65. The van der Waals surface area contributed by atoms with Crippen LogP contribution in [0.4, 0.5) is 5.95 Å². The Morgan fingerprint density at radius 3 is 2.36 bits per heavy atom. The van der Waals surface area contributed by atoms with Crippen molar-refractivity contribution in [2.45, 2.75) is 44.2 Å². The number of H-pyrrole nitrogens is 1. The molecule has 2 aromatic heterocycles. The molecule has 9 N–H and O–H groups in total. The molecular formula is C27H32N8O8S. The lowest BCUT2D eigenvalue weighted by Gasteiger charge is -2.17. The van der Waals surface area contributed by atoms with Crippen molar-refractivity contribution in [3.8, 4) is 0 Å². The Morgan fingerprint density at radius 1 is 1.02 bits per heavy atom. The number of carboxylic acids is 2. The van der Waals surface area contributed by atoms with Gasteiger partial charge in [0.25, 0.3) is 5.56 Å². The molecule has 3 rings (SSSR count). The third-order valence-electron chi connectivity index (χ3n) is 6.59. The Hall–Kier alpha value is -4.90. The molecule has 0 unspecified atom stereocenters. The van der Waals surface area contributed by atoms with Gasteiger partial charge in [0.15, 0.2) is 16.9 Å². The third-order valence-corrected chi connectivity index (χ3v) is 6.95. The number of nitrogens with zero attached hydrogens (tertiary/aromatic N) is 3. The minimum absolute atomic E-state index is 0.0531. The van der Waals surface area contributed by atoms with Gasteiger partial charge in [0.05, 0.1) is 17.8 Å². The van der Waals surface area contributed by atoms with Crippen molar-refractivity contribution in [1.29, 1.82) is 0 Å². The highest BCUT2D eigenvalue weighted by Crippen LogP contribution is 2.17. The molecule has 3 aromatic rings. The minimum Gasteiger partial charge on any atom is -0.481 e. The quantitative estimate of drug-likeness (QED) is 0.0705. The van der Waals surface area contributed by atoms with Gasteiger partial charge in [-0.1, -0.05) is 24.3 Å². The standard InChI is InChI=1S/C27H32N8O8S/c28-17(23(38)33-18(12-44)26(42)43)11-30-20(37)8-6-15(25(40)41)9-19(36)14-4-1-13(2-5-14)3-7-16-10-31-22-21(32-16)24(39)35-27(29)34-22/h1-2,4-5,10,15,17-18,44H,3,6-9,11-12,28H2,(H,30,37)(H,33,38)(H,40,41)(H,42,43)(H3,29,31,34,35,39)/t15-,17-,18+/m1/s1. The molecule has 0 radical (unpaired) electrons. The number of ketones is 1. The molecule has 0 aliphatic heterocycles. The van der Waals surface area contributed by atoms with Gasteiger partial charge in [-0.2, -0.15) is 17.6 Å². The van der Waals surface area contributed by atoms with E-state index in [4.69, 9.17) is 16.6 Å². The number of amides is 2. The summed E-state index contributed by atoms with van der Waals surface area (Å²) in [6, 6.07) is 4.16. The van der Waals surface area contributed by atoms with Crippen LogP contribution in [0.15, 0.2) is 35.3 Å². The summed E-state index contributed by atoms with van der Waals surface area (Å²) < 4.78 is 0. The molecule has 0 saturated carbocycles. The van der Waals surface area contributed by atoms with Crippen molar-refractivity contribution in [2.75, 3.05) is 18.0 Å². The molecule has 17 heteroatoms. The number of hydrogen-bond donors (Lipinski definition) is 8. The average molecular weight is 629 g/mol. The number of aromatic nitrogens is 4. The summed E-state index contributed by atoms with van der Waals surface area (Å²) in [5, 5.41) is 23.2. The van der Waals surface area contributed by atoms with E-state index in [0.29, 0.717) is 24.1 Å². The first-order chi connectivity index (χ1) is 20.9. The van der Waals surface area contributed by atoms with Crippen LogP contribution in [0.2, 0.25) is 0 Å². The Bertz CT molecular complexity index is 1600. The van der Waals surface area contributed by atoms with Gasteiger partial charge in [-0.15, -0.1) is 0 Å². The number of nitrogens with two attached hydrogens (primary N) is 2. The van der Waals surface area contributed by atoms with Crippen LogP contribution in [0.3, 0.4) is 0 Å². The van der Waals surface area contributed by atoms with Gasteiger partial charge in [0.1, 0.15) is 12.1 Å². The highest BCUT2D eigenvalue weighted by atomic mass is 32.1. The fourth-order valence-electron chi connectivity index (χ4n) is 4.05. The van der Waals surface area contributed by atoms with Crippen molar-refractivity contribution < 1.29 is 34.2 Å². The molecule has 0 bridgehead atoms. The van der Waals surface area contributed by atoms with E-state index >= 15 is 0 Å². The molecule has 234 valence electrons. The van der Waals surface area contributed by atoms with E-state index in [2.05, 4.69) is 43.2 Å². The van der Waals surface area contributed by atoms with Crippen LogP contribution in [-0.4, -0.2) is 84.1 Å². The Labute approximate surface area is 255 Å². The summed E-state index contributed by atoms with van der Waals surface area (Å²) in [6.45, 7) is -0.301. The van der Waals surface area contributed by atoms with Crippen molar-refractivity contribution in [3.63, 3.8) is 0 Å². The van der Waals surface area contributed by atoms with Crippen LogP contribution < -0.4 is 27.7 Å². The molecule has 2 heterocycles. The Morgan fingerprint density at radius 2 is 1.73 bits per heavy atom. The second-order valence-corrected chi connectivity index (χ2v) is 10.2. The number of carbonyl (C=O) groups excluding carboxylic acids is 3. The maximum absolute atomic E-state index is 12.8. The second kappa shape index (κ2) is 15.5. The predicted octanol–water partition coefficient (Wildman–Crippen LogP) is -0.923. The fraction of sp³-hybridized carbons (Fsp3) is 0.370. The topological polar surface area (TPSA) is 273 Å². The molecule has 0 aliphatic rings. The molecule has 1 aromatic carbocycles. The van der Waals surface area contributed by atoms with Crippen LogP contribution >= 0.6 is 12.6 Å². The maximum Gasteiger partial charge on any atom is 0.327 e. The summed E-state index contributed by atoms with van der Waals surface area (Å²) >= 11 is 3.84. The van der Waals surface area contributed by atoms with Crippen molar-refractivity contribution >= 4 is 59.3 Å².